The minimum absolute atomic E-state index is 0.00635. The van der Waals surface area contributed by atoms with E-state index in [1.54, 1.807) is 11.8 Å². The van der Waals surface area contributed by atoms with Gasteiger partial charge in [-0.25, -0.2) is 0 Å². The van der Waals surface area contributed by atoms with Crippen molar-refractivity contribution in [2.45, 2.75) is 74.1 Å². The van der Waals surface area contributed by atoms with Crippen molar-refractivity contribution in [2.75, 3.05) is 132 Å². The third-order valence-corrected chi connectivity index (χ3v) is 6.58. The SMILES string of the molecule is CC.CCC(=O)NCCOCCOCCOCCN(CCOCCOCCOCCNC(=O)CC(C)C)C(=O)CCOCCOCCC(C)C. The smallest absolute Gasteiger partial charge is 0.225 e. The molecule has 0 saturated heterocycles. The number of carbonyl (C=O) groups excluding carboxylic acids is 3. The molecule has 0 saturated carbocycles. The Morgan fingerprint density at radius 1 is 0.500 bits per heavy atom. The number of nitrogens with zero attached hydrogens (tertiary/aromatic N) is 1. The zero-order valence-corrected chi connectivity index (χ0v) is 32.6. The standard InChI is InChI=1S/C34H67N3O11.C2H6/c1-6-32(38)35-9-15-43-21-25-47-27-23-45-17-11-37(34(40)8-14-42-20-19-41-13-7-30(2)3)12-18-46-24-28-48-26-22-44-16-10-36-33(39)29-31(4)5;1-2/h30-31H,6-29H2,1-5H3,(H,35,38)(H,36,39);1-2H3. The summed E-state index contributed by atoms with van der Waals surface area (Å²) in [5.41, 5.74) is 0. The van der Waals surface area contributed by atoms with Crippen LogP contribution in [0.25, 0.3) is 0 Å². The minimum atomic E-state index is -0.0276. The van der Waals surface area contributed by atoms with Crippen LogP contribution in [0.5, 0.6) is 0 Å². The van der Waals surface area contributed by atoms with Gasteiger partial charge in [0.25, 0.3) is 0 Å². The Labute approximate surface area is 303 Å². The van der Waals surface area contributed by atoms with Crippen molar-refractivity contribution in [1.82, 2.24) is 15.5 Å². The molecule has 0 heterocycles. The van der Waals surface area contributed by atoms with Crippen molar-refractivity contribution in [3.8, 4) is 0 Å². The fourth-order valence-corrected chi connectivity index (χ4v) is 3.85. The Kier molecular flexibility index (Phi) is 40.0. The van der Waals surface area contributed by atoms with Gasteiger partial charge in [0.2, 0.25) is 17.7 Å². The van der Waals surface area contributed by atoms with E-state index < -0.39 is 0 Å². The number of hydrogen-bond donors (Lipinski definition) is 2. The van der Waals surface area contributed by atoms with E-state index in [0.717, 1.165) is 6.42 Å². The normalized spacial score (nSPS) is 11.1. The average Bonchev–Trinajstić information content (AvgIpc) is 3.09. The van der Waals surface area contributed by atoms with Crippen LogP contribution < -0.4 is 10.6 Å². The van der Waals surface area contributed by atoms with E-state index in [1.165, 1.54) is 0 Å². The summed E-state index contributed by atoms with van der Waals surface area (Å²) in [7, 11) is 0. The average molecular weight is 724 g/mol. The van der Waals surface area contributed by atoms with Crippen molar-refractivity contribution in [3.63, 3.8) is 0 Å². The lowest BCUT2D eigenvalue weighted by molar-refractivity contribution is -0.134. The molecule has 0 rings (SSSR count). The topological polar surface area (TPSA) is 152 Å². The fourth-order valence-electron chi connectivity index (χ4n) is 3.85. The van der Waals surface area contributed by atoms with Crippen molar-refractivity contribution >= 4 is 17.7 Å². The maximum Gasteiger partial charge on any atom is 0.225 e. The summed E-state index contributed by atoms with van der Waals surface area (Å²) in [6, 6.07) is 0. The third-order valence-electron chi connectivity index (χ3n) is 6.58. The van der Waals surface area contributed by atoms with Gasteiger partial charge in [0.1, 0.15) is 0 Å². The highest BCUT2D eigenvalue weighted by atomic mass is 16.6. The first-order valence-electron chi connectivity index (χ1n) is 18.7. The molecule has 0 aromatic rings. The quantitative estimate of drug-likeness (QED) is 0.0918. The Bertz CT molecular complexity index is 761. The van der Waals surface area contributed by atoms with Gasteiger partial charge < -0.3 is 53.4 Å². The van der Waals surface area contributed by atoms with Gasteiger partial charge in [0.05, 0.1) is 106 Å². The predicted molar refractivity (Wildman–Crippen MR) is 194 cm³/mol. The maximum atomic E-state index is 12.9. The van der Waals surface area contributed by atoms with E-state index in [-0.39, 0.29) is 24.1 Å². The van der Waals surface area contributed by atoms with E-state index in [2.05, 4.69) is 24.5 Å². The molecule has 0 spiro atoms. The molecule has 2 N–H and O–H groups in total. The molecule has 0 atom stereocenters. The van der Waals surface area contributed by atoms with Crippen molar-refractivity contribution < 1.29 is 52.3 Å². The molecule has 50 heavy (non-hydrogen) atoms. The molecule has 0 fully saturated rings. The van der Waals surface area contributed by atoms with Crippen LogP contribution in [0, 0.1) is 11.8 Å². The molecule has 298 valence electrons. The minimum Gasteiger partial charge on any atom is -0.379 e. The molecule has 3 amide bonds. The summed E-state index contributed by atoms with van der Waals surface area (Å²) >= 11 is 0. The number of ether oxygens (including phenoxy) is 8. The Hall–Kier alpha value is -1.91. The molecule has 14 heteroatoms. The number of amides is 3. The molecule has 14 nitrogen and oxygen atoms in total. The lowest BCUT2D eigenvalue weighted by Gasteiger charge is -2.23. The largest absolute Gasteiger partial charge is 0.379 e. The van der Waals surface area contributed by atoms with Crippen LogP contribution >= 0.6 is 0 Å². The molecule has 0 aliphatic carbocycles. The van der Waals surface area contributed by atoms with E-state index in [4.69, 9.17) is 37.9 Å². The van der Waals surface area contributed by atoms with Gasteiger partial charge in [-0.3, -0.25) is 14.4 Å². The van der Waals surface area contributed by atoms with Crippen LogP contribution in [-0.2, 0) is 52.3 Å². The van der Waals surface area contributed by atoms with Gasteiger partial charge in [-0.05, 0) is 18.3 Å². The van der Waals surface area contributed by atoms with Gasteiger partial charge in [-0.2, -0.15) is 0 Å². The van der Waals surface area contributed by atoms with E-state index >= 15 is 0 Å². The summed E-state index contributed by atoms with van der Waals surface area (Å²) in [4.78, 5) is 37.4. The monoisotopic (exact) mass is 724 g/mol. The Morgan fingerprint density at radius 2 is 0.880 bits per heavy atom. The Balaban J connectivity index is 0. The zero-order chi connectivity index (χ0) is 37.5. The first-order valence-corrected chi connectivity index (χ1v) is 18.7. The highest BCUT2D eigenvalue weighted by molar-refractivity contribution is 5.76. The zero-order valence-electron chi connectivity index (χ0n) is 32.6. The van der Waals surface area contributed by atoms with Gasteiger partial charge in [0.15, 0.2) is 0 Å². The number of hydrogen-bond acceptors (Lipinski definition) is 11. The second kappa shape index (κ2) is 39.9. The molecule has 0 aromatic carbocycles. The van der Waals surface area contributed by atoms with Crippen LogP contribution in [0.2, 0.25) is 0 Å². The summed E-state index contributed by atoms with van der Waals surface area (Å²) in [6.45, 7) is 23.0. The molecule has 0 unspecified atom stereocenters. The van der Waals surface area contributed by atoms with Crippen LogP contribution in [0.15, 0.2) is 0 Å². The lowest BCUT2D eigenvalue weighted by Crippen LogP contribution is -2.37. The van der Waals surface area contributed by atoms with Crippen molar-refractivity contribution in [1.29, 1.82) is 0 Å². The molecule has 0 aliphatic rings. The maximum absolute atomic E-state index is 12.9. The van der Waals surface area contributed by atoms with Gasteiger partial charge in [0, 0.05) is 45.6 Å². The summed E-state index contributed by atoms with van der Waals surface area (Å²) in [5, 5.41) is 5.58. The van der Waals surface area contributed by atoms with Gasteiger partial charge >= 0.3 is 0 Å². The van der Waals surface area contributed by atoms with E-state index in [1.807, 2.05) is 27.7 Å². The van der Waals surface area contributed by atoms with Crippen LogP contribution in [0.4, 0.5) is 0 Å². The molecular weight excluding hydrogens is 650 g/mol. The van der Waals surface area contributed by atoms with Gasteiger partial charge in [-0.15, -0.1) is 0 Å². The lowest BCUT2D eigenvalue weighted by atomic mass is 10.1. The fraction of sp³-hybridized carbons (Fsp3) is 0.917. The predicted octanol–water partition coefficient (Wildman–Crippen LogP) is 3.10. The molecule has 0 aromatic heterocycles. The Morgan fingerprint density at radius 3 is 1.30 bits per heavy atom. The number of nitrogens with one attached hydrogen (secondary N) is 2. The molecule has 0 bridgehead atoms. The number of rotatable bonds is 36. The first kappa shape index (κ1) is 50.2. The summed E-state index contributed by atoms with van der Waals surface area (Å²) in [5.74, 6) is 0.955. The number of carbonyl (C=O) groups is 3. The molecular formula is C36H73N3O11. The molecule has 0 aliphatic heterocycles. The molecule has 0 radical (unpaired) electrons. The van der Waals surface area contributed by atoms with Crippen LogP contribution in [0.1, 0.15) is 74.1 Å². The van der Waals surface area contributed by atoms with E-state index in [9.17, 15) is 14.4 Å². The highest BCUT2D eigenvalue weighted by Gasteiger charge is 2.13. The second-order valence-electron chi connectivity index (χ2n) is 11.9. The summed E-state index contributed by atoms with van der Waals surface area (Å²) in [6.07, 6.45) is 2.26. The van der Waals surface area contributed by atoms with Crippen LogP contribution in [-0.4, -0.2) is 155 Å². The van der Waals surface area contributed by atoms with Crippen molar-refractivity contribution in [2.24, 2.45) is 11.8 Å². The van der Waals surface area contributed by atoms with Gasteiger partial charge in [-0.1, -0.05) is 48.5 Å². The van der Waals surface area contributed by atoms with Crippen molar-refractivity contribution in [3.05, 3.63) is 0 Å². The van der Waals surface area contributed by atoms with E-state index in [0.29, 0.717) is 157 Å². The summed E-state index contributed by atoms with van der Waals surface area (Å²) < 4.78 is 44.5. The first-order chi connectivity index (χ1) is 24.3. The highest BCUT2D eigenvalue weighted by Crippen LogP contribution is 2.00. The third kappa shape index (κ3) is 38.9. The van der Waals surface area contributed by atoms with Crippen LogP contribution in [0.3, 0.4) is 0 Å². The second-order valence-corrected chi connectivity index (χ2v) is 11.9.